The van der Waals surface area contributed by atoms with Crippen LogP contribution < -0.4 is 15.0 Å². The van der Waals surface area contributed by atoms with E-state index < -0.39 is 0 Å². The quantitative estimate of drug-likeness (QED) is 0.904. The van der Waals surface area contributed by atoms with Gasteiger partial charge in [0.2, 0.25) is 5.91 Å². The number of anilines is 2. The van der Waals surface area contributed by atoms with Crippen LogP contribution in [0, 0.1) is 0 Å². The average molecular weight is 352 g/mol. The third-order valence-corrected chi connectivity index (χ3v) is 4.33. The molecule has 1 aliphatic rings. The van der Waals surface area contributed by atoms with Gasteiger partial charge in [0.25, 0.3) is 5.91 Å². The minimum atomic E-state index is -0.208. The molecule has 0 fully saturated rings. The SMILES string of the molecule is CC(=O)N1CCCc2cc(NC(=O)c3ccccc3OC(C)C)ccc21. The summed E-state index contributed by atoms with van der Waals surface area (Å²) in [7, 11) is 0. The van der Waals surface area contributed by atoms with Crippen molar-refractivity contribution < 1.29 is 14.3 Å². The molecule has 1 N–H and O–H groups in total. The van der Waals surface area contributed by atoms with Gasteiger partial charge in [0.15, 0.2) is 0 Å². The molecule has 0 aromatic heterocycles. The number of ether oxygens (including phenoxy) is 1. The van der Waals surface area contributed by atoms with Gasteiger partial charge in [0.05, 0.1) is 11.7 Å². The van der Waals surface area contributed by atoms with Crippen LogP contribution in [-0.2, 0) is 11.2 Å². The summed E-state index contributed by atoms with van der Waals surface area (Å²) in [4.78, 5) is 26.3. The van der Waals surface area contributed by atoms with Crippen LogP contribution >= 0.6 is 0 Å². The third kappa shape index (κ3) is 3.87. The van der Waals surface area contributed by atoms with Gasteiger partial charge in [-0.1, -0.05) is 12.1 Å². The highest BCUT2D eigenvalue weighted by Gasteiger charge is 2.21. The van der Waals surface area contributed by atoms with Crippen LogP contribution in [0.25, 0.3) is 0 Å². The predicted octanol–water partition coefficient (Wildman–Crippen LogP) is 4.03. The molecule has 26 heavy (non-hydrogen) atoms. The number of carbonyl (C=O) groups excluding carboxylic acids is 2. The Hall–Kier alpha value is -2.82. The lowest BCUT2D eigenvalue weighted by Gasteiger charge is -2.29. The van der Waals surface area contributed by atoms with E-state index in [0.717, 1.165) is 36.3 Å². The fourth-order valence-electron chi connectivity index (χ4n) is 3.21. The van der Waals surface area contributed by atoms with Crippen LogP contribution in [0.15, 0.2) is 42.5 Å². The first kappa shape index (κ1) is 18.0. The number of amides is 2. The standard InChI is InChI=1S/C21H24N2O3/c1-14(2)26-20-9-5-4-8-18(20)21(25)22-17-10-11-19-16(13-17)7-6-12-23(19)15(3)24/h4-5,8-11,13-14H,6-7,12H2,1-3H3,(H,22,25). The van der Waals surface area contributed by atoms with E-state index in [0.29, 0.717) is 11.3 Å². The number of carbonyl (C=O) groups is 2. The Bertz CT molecular complexity index is 830. The second kappa shape index (κ2) is 7.60. The minimum Gasteiger partial charge on any atom is -0.490 e. The van der Waals surface area contributed by atoms with Crippen molar-refractivity contribution in [2.75, 3.05) is 16.8 Å². The number of hydrogen-bond acceptors (Lipinski definition) is 3. The van der Waals surface area contributed by atoms with E-state index in [1.807, 2.05) is 44.2 Å². The van der Waals surface area contributed by atoms with Crippen molar-refractivity contribution in [3.8, 4) is 5.75 Å². The number of rotatable bonds is 4. The van der Waals surface area contributed by atoms with E-state index in [-0.39, 0.29) is 17.9 Å². The van der Waals surface area contributed by atoms with Crippen molar-refractivity contribution in [1.82, 2.24) is 0 Å². The van der Waals surface area contributed by atoms with Gasteiger partial charge in [-0.05, 0) is 62.6 Å². The molecule has 0 atom stereocenters. The summed E-state index contributed by atoms with van der Waals surface area (Å²) in [6.45, 7) is 6.18. The van der Waals surface area contributed by atoms with Crippen molar-refractivity contribution in [3.63, 3.8) is 0 Å². The molecule has 5 heteroatoms. The Balaban J connectivity index is 1.82. The van der Waals surface area contributed by atoms with Gasteiger partial charge in [0.1, 0.15) is 5.75 Å². The Morgan fingerprint density at radius 2 is 1.92 bits per heavy atom. The first-order valence-electron chi connectivity index (χ1n) is 8.94. The van der Waals surface area contributed by atoms with Gasteiger partial charge in [-0.2, -0.15) is 0 Å². The number of benzene rings is 2. The highest BCUT2D eigenvalue weighted by atomic mass is 16.5. The lowest BCUT2D eigenvalue weighted by atomic mass is 10.0. The van der Waals surface area contributed by atoms with E-state index in [4.69, 9.17) is 4.74 Å². The molecule has 0 spiro atoms. The highest BCUT2D eigenvalue weighted by Crippen LogP contribution is 2.30. The Kier molecular flexibility index (Phi) is 5.26. The van der Waals surface area contributed by atoms with Gasteiger partial charge in [-0.3, -0.25) is 9.59 Å². The van der Waals surface area contributed by atoms with Crippen molar-refractivity contribution >= 4 is 23.2 Å². The Morgan fingerprint density at radius 1 is 1.15 bits per heavy atom. The zero-order valence-corrected chi connectivity index (χ0v) is 15.4. The zero-order chi connectivity index (χ0) is 18.7. The van der Waals surface area contributed by atoms with E-state index in [1.54, 1.807) is 24.0 Å². The largest absolute Gasteiger partial charge is 0.490 e. The molecule has 0 radical (unpaired) electrons. The monoisotopic (exact) mass is 352 g/mol. The molecule has 2 aromatic rings. The first-order chi connectivity index (χ1) is 12.5. The maximum Gasteiger partial charge on any atom is 0.259 e. The molecule has 2 aromatic carbocycles. The van der Waals surface area contributed by atoms with E-state index in [9.17, 15) is 9.59 Å². The molecular formula is C21H24N2O3. The second-order valence-electron chi connectivity index (χ2n) is 6.73. The van der Waals surface area contributed by atoms with Gasteiger partial charge in [-0.25, -0.2) is 0 Å². The predicted molar refractivity (Wildman–Crippen MR) is 103 cm³/mol. The van der Waals surface area contributed by atoms with Crippen LogP contribution in [-0.4, -0.2) is 24.5 Å². The Labute approximate surface area is 154 Å². The fraction of sp³-hybridized carbons (Fsp3) is 0.333. The van der Waals surface area contributed by atoms with Crippen LogP contribution in [0.4, 0.5) is 11.4 Å². The molecule has 0 aliphatic carbocycles. The summed E-state index contributed by atoms with van der Waals surface area (Å²) in [6.07, 6.45) is 1.82. The number of aryl methyl sites for hydroxylation is 1. The fourth-order valence-corrected chi connectivity index (χ4v) is 3.21. The van der Waals surface area contributed by atoms with Crippen LogP contribution in [0.3, 0.4) is 0 Å². The van der Waals surface area contributed by atoms with Gasteiger partial charge >= 0.3 is 0 Å². The van der Waals surface area contributed by atoms with E-state index in [2.05, 4.69) is 5.32 Å². The topological polar surface area (TPSA) is 58.6 Å². The second-order valence-corrected chi connectivity index (χ2v) is 6.73. The van der Waals surface area contributed by atoms with E-state index in [1.165, 1.54) is 0 Å². The third-order valence-electron chi connectivity index (χ3n) is 4.33. The molecule has 0 unspecified atom stereocenters. The van der Waals surface area contributed by atoms with E-state index >= 15 is 0 Å². The van der Waals surface area contributed by atoms with Crippen molar-refractivity contribution in [3.05, 3.63) is 53.6 Å². The van der Waals surface area contributed by atoms with Crippen LogP contribution in [0.5, 0.6) is 5.75 Å². The molecule has 1 aliphatic heterocycles. The number of fused-ring (bicyclic) bond motifs is 1. The number of nitrogens with one attached hydrogen (secondary N) is 1. The van der Waals surface area contributed by atoms with Crippen LogP contribution in [0.2, 0.25) is 0 Å². The lowest BCUT2D eigenvalue weighted by Crippen LogP contribution is -2.33. The lowest BCUT2D eigenvalue weighted by molar-refractivity contribution is -0.116. The average Bonchev–Trinajstić information content (AvgIpc) is 2.60. The molecule has 5 nitrogen and oxygen atoms in total. The molecule has 0 bridgehead atoms. The highest BCUT2D eigenvalue weighted by molar-refractivity contribution is 6.06. The van der Waals surface area contributed by atoms with Crippen molar-refractivity contribution in [2.45, 2.75) is 39.7 Å². The minimum absolute atomic E-state index is 0.00902. The molecular weight excluding hydrogens is 328 g/mol. The van der Waals surface area contributed by atoms with Gasteiger partial charge in [-0.15, -0.1) is 0 Å². The smallest absolute Gasteiger partial charge is 0.259 e. The van der Waals surface area contributed by atoms with Gasteiger partial charge in [0, 0.05) is 24.8 Å². The summed E-state index contributed by atoms with van der Waals surface area (Å²) in [6, 6.07) is 12.9. The summed E-state index contributed by atoms with van der Waals surface area (Å²) in [5.41, 5.74) is 3.24. The normalized spacial score (nSPS) is 13.3. The molecule has 2 amide bonds. The summed E-state index contributed by atoms with van der Waals surface area (Å²) in [5.74, 6) is 0.406. The maximum absolute atomic E-state index is 12.7. The van der Waals surface area contributed by atoms with Gasteiger partial charge < -0.3 is 15.0 Å². The van der Waals surface area contributed by atoms with Crippen molar-refractivity contribution in [1.29, 1.82) is 0 Å². The Morgan fingerprint density at radius 3 is 2.65 bits per heavy atom. The molecule has 1 heterocycles. The number of para-hydroxylation sites is 1. The number of hydrogen-bond donors (Lipinski definition) is 1. The zero-order valence-electron chi connectivity index (χ0n) is 15.4. The maximum atomic E-state index is 12.7. The van der Waals surface area contributed by atoms with Crippen LogP contribution in [0.1, 0.15) is 43.1 Å². The number of nitrogens with zero attached hydrogens (tertiary/aromatic N) is 1. The van der Waals surface area contributed by atoms with Crippen molar-refractivity contribution in [2.24, 2.45) is 0 Å². The first-order valence-corrected chi connectivity index (χ1v) is 8.94. The molecule has 136 valence electrons. The molecule has 0 saturated carbocycles. The molecule has 0 saturated heterocycles. The summed E-state index contributed by atoms with van der Waals surface area (Å²) < 4.78 is 5.73. The summed E-state index contributed by atoms with van der Waals surface area (Å²) in [5, 5.41) is 2.94. The molecule has 3 rings (SSSR count). The summed E-state index contributed by atoms with van der Waals surface area (Å²) >= 11 is 0.